The molecule has 0 aliphatic heterocycles. The van der Waals surface area contributed by atoms with Crippen LogP contribution in [-0.4, -0.2) is 6.04 Å². The summed E-state index contributed by atoms with van der Waals surface area (Å²) >= 11 is 7.49. The number of nitrogens with two attached hydrogens (primary N) is 1. The Labute approximate surface area is 94.4 Å². The van der Waals surface area contributed by atoms with Crippen molar-refractivity contribution in [3.05, 3.63) is 21.3 Å². The van der Waals surface area contributed by atoms with Gasteiger partial charge in [0, 0.05) is 10.9 Å². The molecule has 1 atom stereocenters. The predicted octanol–water partition coefficient (Wildman–Crippen LogP) is 2.97. The third-order valence-electron chi connectivity index (χ3n) is 2.22. The van der Waals surface area contributed by atoms with Crippen LogP contribution >= 0.6 is 22.9 Å². The molecule has 1 aromatic heterocycles. The Kier molecular flexibility index (Phi) is 5.48. The van der Waals surface area contributed by atoms with Gasteiger partial charge in [-0.15, -0.1) is 11.3 Å². The minimum Gasteiger partial charge on any atom is -0.271 e. The van der Waals surface area contributed by atoms with E-state index in [1.165, 1.54) is 17.7 Å². The normalized spacial score (nSPS) is 13.1. The largest absolute Gasteiger partial charge is 0.271 e. The molecule has 0 saturated carbocycles. The van der Waals surface area contributed by atoms with Crippen LogP contribution in [0.4, 0.5) is 0 Å². The molecule has 0 aliphatic rings. The summed E-state index contributed by atoms with van der Waals surface area (Å²) in [6, 6.07) is 4.39. The second-order valence-electron chi connectivity index (χ2n) is 3.42. The topological polar surface area (TPSA) is 38.0 Å². The van der Waals surface area contributed by atoms with E-state index in [-0.39, 0.29) is 0 Å². The van der Waals surface area contributed by atoms with E-state index in [9.17, 15) is 0 Å². The van der Waals surface area contributed by atoms with Crippen molar-refractivity contribution < 1.29 is 0 Å². The molecule has 0 aromatic carbocycles. The zero-order valence-electron chi connectivity index (χ0n) is 8.42. The van der Waals surface area contributed by atoms with Gasteiger partial charge in [-0.25, -0.2) is 0 Å². The van der Waals surface area contributed by atoms with Gasteiger partial charge in [-0.2, -0.15) is 0 Å². The van der Waals surface area contributed by atoms with Crippen molar-refractivity contribution in [3.63, 3.8) is 0 Å². The Morgan fingerprint density at radius 2 is 2.36 bits per heavy atom. The molecule has 0 radical (unpaired) electrons. The van der Waals surface area contributed by atoms with Crippen LogP contribution in [-0.2, 0) is 6.42 Å². The first-order valence-electron chi connectivity index (χ1n) is 4.96. The lowest BCUT2D eigenvalue weighted by atomic mass is 10.1. The van der Waals surface area contributed by atoms with Crippen molar-refractivity contribution in [1.82, 2.24) is 5.43 Å². The van der Waals surface area contributed by atoms with Crippen molar-refractivity contribution in [2.24, 2.45) is 5.84 Å². The van der Waals surface area contributed by atoms with E-state index in [0.717, 1.165) is 17.2 Å². The highest BCUT2D eigenvalue weighted by molar-refractivity contribution is 7.16. The van der Waals surface area contributed by atoms with Crippen LogP contribution in [0.1, 0.15) is 31.1 Å². The number of rotatable bonds is 6. The van der Waals surface area contributed by atoms with E-state index in [2.05, 4.69) is 18.4 Å². The predicted molar refractivity (Wildman–Crippen MR) is 63.7 cm³/mol. The van der Waals surface area contributed by atoms with E-state index in [0.29, 0.717) is 6.04 Å². The van der Waals surface area contributed by atoms with Crippen molar-refractivity contribution in [2.75, 3.05) is 0 Å². The number of unbranched alkanes of at least 4 members (excludes halogenated alkanes) is 1. The fraction of sp³-hybridized carbons (Fsp3) is 0.600. The number of thiophene rings is 1. The highest BCUT2D eigenvalue weighted by Crippen LogP contribution is 2.23. The second-order valence-corrected chi connectivity index (χ2v) is 5.22. The lowest BCUT2D eigenvalue weighted by molar-refractivity contribution is 0.476. The molecule has 3 N–H and O–H groups in total. The summed E-state index contributed by atoms with van der Waals surface area (Å²) < 4.78 is 0.853. The number of nitrogens with one attached hydrogen (secondary N) is 1. The third kappa shape index (κ3) is 3.96. The minimum absolute atomic E-state index is 0.379. The molecule has 2 nitrogen and oxygen atoms in total. The number of hydrogen-bond acceptors (Lipinski definition) is 3. The SMILES string of the molecule is CCCCC(Cc1ccc(Cl)s1)NN. The molecule has 0 bridgehead atoms. The highest BCUT2D eigenvalue weighted by atomic mass is 35.5. The van der Waals surface area contributed by atoms with Gasteiger partial charge in [-0.3, -0.25) is 11.3 Å². The molecular weight excluding hydrogens is 216 g/mol. The lowest BCUT2D eigenvalue weighted by Gasteiger charge is -2.13. The quantitative estimate of drug-likeness (QED) is 0.585. The first-order valence-corrected chi connectivity index (χ1v) is 6.16. The molecule has 1 heterocycles. The average Bonchev–Trinajstić information content (AvgIpc) is 2.58. The molecule has 1 aromatic rings. The number of hydrogen-bond donors (Lipinski definition) is 2. The van der Waals surface area contributed by atoms with E-state index in [1.54, 1.807) is 11.3 Å². The first kappa shape index (κ1) is 12.0. The molecule has 1 rings (SSSR count). The van der Waals surface area contributed by atoms with Crippen LogP contribution in [0.15, 0.2) is 12.1 Å². The fourth-order valence-electron chi connectivity index (χ4n) is 1.40. The number of hydrazine groups is 1. The van der Waals surface area contributed by atoms with Crippen molar-refractivity contribution in [2.45, 2.75) is 38.6 Å². The Morgan fingerprint density at radius 1 is 1.57 bits per heavy atom. The molecule has 0 saturated heterocycles. The summed E-state index contributed by atoms with van der Waals surface area (Å²) in [4.78, 5) is 1.30. The van der Waals surface area contributed by atoms with Crippen LogP contribution in [0.5, 0.6) is 0 Å². The van der Waals surface area contributed by atoms with Gasteiger partial charge in [-0.1, -0.05) is 31.4 Å². The summed E-state index contributed by atoms with van der Waals surface area (Å²) in [6.07, 6.45) is 4.54. The minimum atomic E-state index is 0.379. The maximum absolute atomic E-state index is 5.86. The van der Waals surface area contributed by atoms with Gasteiger partial charge in [0.15, 0.2) is 0 Å². The van der Waals surface area contributed by atoms with Gasteiger partial charge in [-0.05, 0) is 25.0 Å². The smallest absolute Gasteiger partial charge is 0.0931 e. The Bertz CT molecular complexity index is 262. The van der Waals surface area contributed by atoms with Gasteiger partial charge in [0.25, 0.3) is 0 Å². The summed E-state index contributed by atoms with van der Waals surface area (Å²) in [5.41, 5.74) is 2.86. The van der Waals surface area contributed by atoms with Crippen LogP contribution in [0.2, 0.25) is 4.34 Å². The van der Waals surface area contributed by atoms with Gasteiger partial charge in [0.1, 0.15) is 0 Å². The number of halogens is 1. The molecule has 0 aliphatic carbocycles. The van der Waals surface area contributed by atoms with Gasteiger partial charge >= 0.3 is 0 Å². The summed E-state index contributed by atoms with van der Waals surface area (Å²) in [5.74, 6) is 5.49. The zero-order chi connectivity index (χ0) is 10.4. The van der Waals surface area contributed by atoms with Crippen molar-refractivity contribution in [1.29, 1.82) is 0 Å². The lowest BCUT2D eigenvalue weighted by Crippen LogP contribution is -2.36. The van der Waals surface area contributed by atoms with E-state index >= 15 is 0 Å². The Hall–Kier alpha value is -0.0900. The molecule has 0 fully saturated rings. The van der Waals surface area contributed by atoms with Gasteiger partial charge in [0.05, 0.1) is 4.34 Å². The van der Waals surface area contributed by atoms with Crippen LogP contribution in [0.25, 0.3) is 0 Å². The molecule has 0 spiro atoms. The highest BCUT2D eigenvalue weighted by Gasteiger charge is 2.08. The molecule has 1 unspecified atom stereocenters. The fourth-order valence-corrected chi connectivity index (χ4v) is 2.57. The van der Waals surface area contributed by atoms with E-state index in [4.69, 9.17) is 17.4 Å². The maximum Gasteiger partial charge on any atom is 0.0931 e. The van der Waals surface area contributed by atoms with Crippen molar-refractivity contribution >= 4 is 22.9 Å². The molecule has 4 heteroatoms. The first-order chi connectivity index (χ1) is 6.76. The standard InChI is InChI=1S/C10H17ClN2S/c1-2-3-4-8(13-12)7-9-5-6-10(11)14-9/h5-6,8,13H,2-4,7,12H2,1H3. The zero-order valence-corrected chi connectivity index (χ0v) is 10.00. The summed E-state index contributed by atoms with van der Waals surface area (Å²) in [5, 5.41) is 0. The molecular formula is C10H17ClN2S. The average molecular weight is 233 g/mol. The van der Waals surface area contributed by atoms with Gasteiger partial charge < -0.3 is 0 Å². The van der Waals surface area contributed by atoms with E-state index in [1.807, 2.05) is 6.07 Å². The third-order valence-corrected chi connectivity index (χ3v) is 3.47. The maximum atomic E-state index is 5.86. The van der Waals surface area contributed by atoms with Crippen molar-refractivity contribution in [3.8, 4) is 0 Å². The Balaban J connectivity index is 2.40. The molecule has 0 amide bonds. The van der Waals surface area contributed by atoms with E-state index < -0.39 is 0 Å². The Morgan fingerprint density at radius 3 is 2.86 bits per heavy atom. The van der Waals surface area contributed by atoms with Gasteiger partial charge in [0.2, 0.25) is 0 Å². The van der Waals surface area contributed by atoms with Crippen LogP contribution < -0.4 is 11.3 Å². The second kappa shape index (κ2) is 6.40. The molecule has 80 valence electrons. The molecule has 14 heavy (non-hydrogen) atoms. The summed E-state index contributed by atoms with van der Waals surface area (Å²) in [7, 11) is 0. The monoisotopic (exact) mass is 232 g/mol. The van der Waals surface area contributed by atoms with Crippen LogP contribution in [0.3, 0.4) is 0 Å². The van der Waals surface area contributed by atoms with Crippen LogP contribution in [0, 0.1) is 0 Å². The summed E-state index contributed by atoms with van der Waals surface area (Å²) in [6.45, 7) is 2.19.